The Balaban J connectivity index is 0.00000289. The van der Waals surface area contributed by atoms with E-state index in [1.165, 1.54) is 0 Å². The molecule has 104 valence electrons. The average molecular weight is 286 g/mol. The molecule has 0 aliphatic rings. The fourth-order valence-corrected chi connectivity index (χ4v) is 1.68. The van der Waals surface area contributed by atoms with Crippen molar-refractivity contribution in [3.05, 3.63) is 34.9 Å². The lowest BCUT2D eigenvalue weighted by Gasteiger charge is -2.14. The maximum absolute atomic E-state index is 13.3. The summed E-state index contributed by atoms with van der Waals surface area (Å²) >= 11 is 0. The zero-order valence-corrected chi connectivity index (χ0v) is 10.8. The van der Waals surface area contributed by atoms with Crippen LogP contribution in [0.1, 0.15) is 44.2 Å². The molecule has 0 saturated heterocycles. The Hall–Kier alpha value is -0.810. The van der Waals surface area contributed by atoms with Crippen LogP contribution in [0, 0.1) is 23.3 Å². The van der Waals surface area contributed by atoms with Crippen LogP contribution in [0.4, 0.5) is 17.6 Å². The Bertz CT molecular complexity index is 372. The van der Waals surface area contributed by atoms with Crippen LogP contribution in [0.2, 0.25) is 0 Å². The molecule has 1 nitrogen and oxygen atoms in total. The van der Waals surface area contributed by atoms with E-state index < -0.39 is 34.9 Å². The molecule has 0 spiro atoms. The van der Waals surface area contributed by atoms with Gasteiger partial charge in [0, 0.05) is 17.7 Å². The van der Waals surface area contributed by atoms with E-state index in [0.717, 1.165) is 12.8 Å². The third kappa shape index (κ3) is 3.85. The van der Waals surface area contributed by atoms with Crippen molar-refractivity contribution in [1.82, 2.24) is 0 Å². The fourth-order valence-electron chi connectivity index (χ4n) is 1.68. The van der Waals surface area contributed by atoms with Crippen molar-refractivity contribution in [1.29, 1.82) is 0 Å². The first-order valence-electron chi connectivity index (χ1n) is 5.57. The highest BCUT2D eigenvalue weighted by molar-refractivity contribution is 5.85. The van der Waals surface area contributed by atoms with Crippen molar-refractivity contribution in [2.75, 3.05) is 0 Å². The van der Waals surface area contributed by atoms with Crippen LogP contribution in [0.3, 0.4) is 0 Å². The lowest BCUT2D eigenvalue weighted by Crippen LogP contribution is -2.16. The van der Waals surface area contributed by atoms with E-state index >= 15 is 0 Å². The predicted octanol–water partition coefficient (Wildman–Crippen LogP) is 4.24. The molecule has 1 aromatic rings. The molecule has 0 aromatic heterocycles. The van der Waals surface area contributed by atoms with Gasteiger partial charge in [0.05, 0.1) is 0 Å². The highest BCUT2D eigenvalue weighted by atomic mass is 35.5. The summed E-state index contributed by atoms with van der Waals surface area (Å²) in [5.74, 6) is -5.62. The summed E-state index contributed by atoms with van der Waals surface area (Å²) in [6.07, 6.45) is 2.74. The second-order valence-corrected chi connectivity index (χ2v) is 3.98. The Kier molecular flexibility index (Phi) is 7.25. The van der Waals surface area contributed by atoms with E-state index in [1.54, 1.807) is 0 Å². The van der Waals surface area contributed by atoms with Crippen LogP contribution in [0.25, 0.3) is 0 Å². The average Bonchev–Trinajstić information content (AvgIpc) is 2.27. The minimum Gasteiger partial charge on any atom is -0.324 e. The fraction of sp³-hybridized carbons (Fsp3) is 0.500. The monoisotopic (exact) mass is 285 g/mol. The first kappa shape index (κ1) is 17.2. The SMILES string of the molecule is CCCCC[C@@H](N)c1c(F)c(F)cc(F)c1F.Cl. The maximum atomic E-state index is 13.3. The van der Waals surface area contributed by atoms with Gasteiger partial charge in [-0.25, -0.2) is 17.6 Å². The van der Waals surface area contributed by atoms with Gasteiger partial charge in [0.2, 0.25) is 0 Å². The molecule has 6 heteroatoms. The van der Waals surface area contributed by atoms with Crippen LogP contribution in [0.15, 0.2) is 6.07 Å². The summed E-state index contributed by atoms with van der Waals surface area (Å²) in [5.41, 5.74) is 4.87. The van der Waals surface area contributed by atoms with Gasteiger partial charge in [-0.1, -0.05) is 26.2 Å². The molecule has 1 aromatic carbocycles. The Morgan fingerprint density at radius 3 is 2.00 bits per heavy atom. The molecule has 0 saturated carbocycles. The second kappa shape index (κ2) is 7.59. The Morgan fingerprint density at radius 2 is 1.56 bits per heavy atom. The quantitative estimate of drug-likeness (QED) is 0.489. The highest BCUT2D eigenvalue weighted by Crippen LogP contribution is 2.26. The summed E-state index contributed by atoms with van der Waals surface area (Å²) in [6.45, 7) is 1.97. The first-order chi connectivity index (χ1) is 7.99. The van der Waals surface area contributed by atoms with Gasteiger partial charge in [0.15, 0.2) is 23.3 Å². The third-order valence-electron chi connectivity index (χ3n) is 2.64. The van der Waals surface area contributed by atoms with Gasteiger partial charge in [-0.2, -0.15) is 0 Å². The Labute approximate surface area is 110 Å². The summed E-state index contributed by atoms with van der Waals surface area (Å²) < 4.78 is 52.5. The van der Waals surface area contributed by atoms with Crippen molar-refractivity contribution < 1.29 is 17.6 Å². The molecule has 0 fully saturated rings. The summed E-state index contributed by atoms with van der Waals surface area (Å²) in [4.78, 5) is 0. The van der Waals surface area contributed by atoms with Crippen molar-refractivity contribution in [3.63, 3.8) is 0 Å². The number of rotatable bonds is 5. The molecular weight excluding hydrogens is 270 g/mol. The zero-order chi connectivity index (χ0) is 13.0. The van der Waals surface area contributed by atoms with Crippen molar-refractivity contribution in [3.8, 4) is 0 Å². The van der Waals surface area contributed by atoms with E-state index in [-0.39, 0.29) is 18.5 Å². The number of benzene rings is 1. The molecule has 0 heterocycles. The number of unbranched alkanes of at least 4 members (excludes halogenated alkanes) is 2. The van der Waals surface area contributed by atoms with Crippen LogP contribution in [-0.4, -0.2) is 0 Å². The van der Waals surface area contributed by atoms with Crippen LogP contribution < -0.4 is 5.73 Å². The molecule has 0 unspecified atom stereocenters. The largest absolute Gasteiger partial charge is 0.324 e. The van der Waals surface area contributed by atoms with Crippen molar-refractivity contribution >= 4 is 12.4 Å². The van der Waals surface area contributed by atoms with E-state index in [0.29, 0.717) is 12.8 Å². The first-order valence-corrected chi connectivity index (χ1v) is 5.57. The van der Waals surface area contributed by atoms with Gasteiger partial charge in [0.25, 0.3) is 0 Å². The molecule has 1 rings (SSSR count). The molecule has 2 N–H and O–H groups in total. The normalized spacial score (nSPS) is 12.1. The van der Waals surface area contributed by atoms with Crippen molar-refractivity contribution in [2.24, 2.45) is 5.73 Å². The summed E-state index contributed by atoms with van der Waals surface area (Å²) in [6, 6.07) is -0.834. The second-order valence-electron chi connectivity index (χ2n) is 3.98. The number of hydrogen-bond acceptors (Lipinski definition) is 1. The van der Waals surface area contributed by atoms with E-state index in [4.69, 9.17) is 5.73 Å². The van der Waals surface area contributed by atoms with Crippen molar-refractivity contribution in [2.45, 2.75) is 38.6 Å². The van der Waals surface area contributed by atoms with E-state index in [9.17, 15) is 17.6 Å². The molecule has 0 bridgehead atoms. The topological polar surface area (TPSA) is 26.0 Å². The van der Waals surface area contributed by atoms with Crippen LogP contribution >= 0.6 is 12.4 Å². The van der Waals surface area contributed by atoms with Crippen LogP contribution in [0.5, 0.6) is 0 Å². The summed E-state index contributed by atoms with van der Waals surface area (Å²) in [7, 11) is 0. The van der Waals surface area contributed by atoms with Gasteiger partial charge in [0.1, 0.15) is 0 Å². The smallest absolute Gasteiger partial charge is 0.166 e. The molecule has 18 heavy (non-hydrogen) atoms. The Morgan fingerprint density at radius 1 is 1.06 bits per heavy atom. The van der Waals surface area contributed by atoms with Gasteiger partial charge in [-0.3, -0.25) is 0 Å². The lowest BCUT2D eigenvalue weighted by atomic mass is 10.00. The predicted molar refractivity (Wildman–Crippen MR) is 64.6 cm³/mol. The number of halogens is 5. The van der Waals surface area contributed by atoms with Gasteiger partial charge < -0.3 is 5.73 Å². The van der Waals surface area contributed by atoms with Gasteiger partial charge in [-0.05, 0) is 6.42 Å². The molecule has 0 radical (unpaired) electrons. The molecule has 0 amide bonds. The minimum absolute atomic E-state index is 0. The number of hydrogen-bond donors (Lipinski definition) is 1. The molecule has 0 aliphatic carbocycles. The minimum atomic E-state index is -1.41. The zero-order valence-electron chi connectivity index (χ0n) is 9.98. The summed E-state index contributed by atoms with van der Waals surface area (Å²) in [5, 5.41) is 0. The molecular formula is C12H16ClF4N. The standard InChI is InChI=1S/C12H15F4N.ClH/c1-2-3-4-5-9(17)10-11(15)7(13)6-8(14)12(10)16;/h6,9H,2-5,17H2,1H3;1H/t9-;/m1./s1. The van der Waals surface area contributed by atoms with E-state index in [2.05, 4.69) is 0 Å². The highest BCUT2D eigenvalue weighted by Gasteiger charge is 2.23. The lowest BCUT2D eigenvalue weighted by molar-refractivity contribution is 0.419. The van der Waals surface area contributed by atoms with Crippen LogP contribution in [-0.2, 0) is 0 Å². The van der Waals surface area contributed by atoms with E-state index in [1.807, 2.05) is 6.92 Å². The van der Waals surface area contributed by atoms with Gasteiger partial charge in [-0.15, -0.1) is 12.4 Å². The number of nitrogens with two attached hydrogens (primary N) is 1. The maximum Gasteiger partial charge on any atom is 0.166 e. The van der Waals surface area contributed by atoms with Gasteiger partial charge >= 0.3 is 0 Å². The third-order valence-corrected chi connectivity index (χ3v) is 2.64. The molecule has 1 atom stereocenters. The molecule has 0 aliphatic heterocycles.